The third-order valence-corrected chi connectivity index (χ3v) is 6.36. The fraction of sp³-hybridized carbons (Fsp3) is 0.429. The van der Waals surface area contributed by atoms with Crippen molar-refractivity contribution in [2.75, 3.05) is 13.2 Å². The van der Waals surface area contributed by atoms with E-state index < -0.39 is 6.10 Å². The normalized spacial score (nSPS) is 16.2. The predicted molar refractivity (Wildman–Crippen MR) is 130 cm³/mol. The smallest absolute Gasteiger partial charge is 0.116 e. The third-order valence-electron chi connectivity index (χ3n) is 6.36. The highest BCUT2D eigenvalue weighted by molar-refractivity contribution is 5.84. The number of rotatable bonds is 10. The maximum absolute atomic E-state index is 10.6. The zero-order valence-corrected chi connectivity index (χ0v) is 19.3. The number of benzene rings is 3. The third kappa shape index (κ3) is 5.89. The summed E-state index contributed by atoms with van der Waals surface area (Å²) in [5, 5.41) is 25.9. The largest absolute Gasteiger partial charge is 0.508 e. The first-order valence-corrected chi connectivity index (χ1v) is 11.6. The summed E-state index contributed by atoms with van der Waals surface area (Å²) >= 11 is 0. The van der Waals surface area contributed by atoms with Crippen molar-refractivity contribution >= 4 is 10.8 Å². The number of nitrogens with one attached hydrogen (secondary N) is 1. The molecule has 1 aliphatic carbocycles. The van der Waals surface area contributed by atoms with Gasteiger partial charge in [-0.2, -0.15) is 0 Å². The lowest BCUT2D eigenvalue weighted by Crippen LogP contribution is -2.46. The molecule has 4 rings (SSSR count). The highest BCUT2D eigenvalue weighted by Crippen LogP contribution is 2.44. The van der Waals surface area contributed by atoms with Crippen molar-refractivity contribution < 1.29 is 14.9 Å². The van der Waals surface area contributed by atoms with Crippen molar-refractivity contribution in [3.8, 4) is 5.75 Å². The Morgan fingerprint density at radius 1 is 1.03 bits per heavy atom. The molecule has 0 heterocycles. The van der Waals surface area contributed by atoms with Gasteiger partial charge in [0.05, 0.1) is 18.8 Å². The second-order valence-corrected chi connectivity index (χ2v) is 9.91. The number of hydrogen-bond acceptors (Lipinski definition) is 4. The first-order valence-electron chi connectivity index (χ1n) is 11.6. The number of aromatic hydroxyl groups is 1. The zero-order chi connectivity index (χ0) is 22.7. The molecule has 4 heteroatoms. The van der Waals surface area contributed by atoms with E-state index in [9.17, 15) is 10.2 Å². The molecular weight excluding hydrogens is 398 g/mol. The molecule has 0 amide bonds. The molecule has 1 aliphatic rings. The van der Waals surface area contributed by atoms with E-state index in [1.807, 2.05) is 12.1 Å². The SMILES string of the molecule is Cc1ccccc1[C@H](OC[C@H](O)CNC(C)(C)Cc1ccc2cc(O)ccc2c1)C1CC1. The highest BCUT2D eigenvalue weighted by atomic mass is 16.5. The molecule has 3 aromatic carbocycles. The van der Waals surface area contributed by atoms with Crippen LogP contribution in [-0.2, 0) is 11.2 Å². The molecule has 1 saturated carbocycles. The van der Waals surface area contributed by atoms with Gasteiger partial charge in [0.1, 0.15) is 5.75 Å². The predicted octanol–water partition coefficient (Wildman–Crippen LogP) is 5.29. The van der Waals surface area contributed by atoms with Crippen molar-refractivity contribution in [1.82, 2.24) is 5.32 Å². The van der Waals surface area contributed by atoms with Gasteiger partial charge in [0.2, 0.25) is 0 Å². The molecule has 2 atom stereocenters. The molecule has 0 radical (unpaired) electrons. The second kappa shape index (κ2) is 9.62. The van der Waals surface area contributed by atoms with E-state index >= 15 is 0 Å². The number of phenolic OH excluding ortho intramolecular Hbond substituents is 1. The second-order valence-electron chi connectivity index (χ2n) is 9.91. The fourth-order valence-electron chi connectivity index (χ4n) is 4.42. The van der Waals surface area contributed by atoms with Gasteiger partial charge in [-0.3, -0.25) is 0 Å². The van der Waals surface area contributed by atoms with Crippen molar-refractivity contribution in [1.29, 1.82) is 0 Å². The van der Waals surface area contributed by atoms with E-state index in [-0.39, 0.29) is 17.4 Å². The molecule has 0 aliphatic heterocycles. The lowest BCUT2D eigenvalue weighted by atomic mass is 9.93. The van der Waals surface area contributed by atoms with Crippen molar-refractivity contribution in [3.05, 3.63) is 77.4 Å². The van der Waals surface area contributed by atoms with Crippen molar-refractivity contribution in [2.24, 2.45) is 5.92 Å². The minimum atomic E-state index is -0.556. The van der Waals surface area contributed by atoms with Gasteiger partial charge >= 0.3 is 0 Å². The summed E-state index contributed by atoms with van der Waals surface area (Å²) in [4.78, 5) is 0. The molecule has 0 unspecified atom stereocenters. The Morgan fingerprint density at radius 2 is 1.75 bits per heavy atom. The number of hydrogen-bond donors (Lipinski definition) is 3. The average Bonchev–Trinajstić information content (AvgIpc) is 3.59. The molecule has 0 bridgehead atoms. The van der Waals surface area contributed by atoms with Gasteiger partial charge < -0.3 is 20.3 Å². The quantitative estimate of drug-likeness (QED) is 0.406. The Kier molecular flexibility index (Phi) is 6.85. The summed E-state index contributed by atoms with van der Waals surface area (Å²) in [6.45, 7) is 7.26. The van der Waals surface area contributed by atoms with E-state index in [0.717, 1.165) is 17.2 Å². The summed E-state index contributed by atoms with van der Waals surface area (Å²) in [5.74, 6) is 0.859. The van der Waals surface area contributed by atoms with Crippen LogP contribution < -0.4 is 5.32 Å². The van der Waals surface area contributed by atoms with Crippen LogP contribution in [0, 0.1) is 12.8 Å². The summed E-state index contributed by atoms with van der Waals surface area (Å²) in [6.07, 6.45) is 2.76. The van der Waals surface area contributed by atoms with Crippen LogP contribution in [-0.4, -0.2) is 35.0 Å². The molecule has 3 aromatic rings. The average molecular weight is 434 g/mol. The van der Waals surface area contributed by atoms with Crippen LogP contribution in [0.2, 0.25) is 0 Å². The number of phenols is 1. The fourth-order valence-corrected chi connectivity index (χ4v) is 4.42. The van der Waals surface area contributed by atoms with E-state index in [4.69, 9.17) is 4.74 Å². The molecular formula is C28H35NO3. The highest BCUT2D eigenvalue weighted by Gasteiger charge is 2.34. The van der Waals surface area contributed by atoms with Gasteiger partial charge in [-0.25, -0.2) is 0 Å². The zero-order valence-electron chi connectivity index (χ0n) is 19.3. The summed E-state index contributed by atoms with van der Waals surface area (Å²) < 4.78 is 6.23. The Labute approximate surface area is 191 Å². The Hall–Kier alpha value is -2.40. The summed E-state index contributed by atoms with van der Waals surface area (Å²) in [5.41, 5.74) is 3.56. The maximum atomic E-state index is 10.6. The van der Waals surface area contributed by atoms with Crippen LogP contribution in [0.25, 0.3) is 10.8 Å². The number of fused-ring (bicyclic) bond motifs is 1. The topological polar surface area (TPSA) is 61.7 Å². The molecule has 0 spiro atoms. The molecule has 32 heavy (non-hydrogen) atoms. The molecule has 0 saturated heterocycles. The molecule has 3 N–H and O–H groups in total. The van der Waals surface area contributed by atoms with E-state index in [1.165, 1.54) is 29.5 Å². The lowest BCUT2D eigenvalue weighted by Gasteiger charge is -2.29. The van der Waals surface area contributed by atoms with Gasteiger partial charge in [0.25, 0.3) is 0 Å². The van der Waals surface area contributed by atoms with Crippen LogP contribution in [0.3, 0.4) is 0 Å². The monoisotopic (exact) mass is 433 g/mol. The van der Waals surface area contributed by atoms with E-state index in [0.29, 0.717) is 19.1 Å². The van der Waals surface area contributed by atoms with Gasteiger partial charge in [-0.1, -0.05) is 48.5 Å². The lowest BCUT2D eigenvalue weighted by molar-refractivity contribution is -0.0213. The van der Waals surface area contributed by atoms with Crippen LogP contribution in [0.4, 0.5) is 0 Å². The standard InChI is InChI=1S/C28H35NO3/c1-19-6-4-5-7-26(19)27(21-10-11-21)32-18-25(31)17-29-28(2,3)16-20-8-9-23-15-24(30)13-12-22(23)14-20/h4-9,12-15,21,25,27,29-31H,10-11,16-18H2,1-3H3/t25-,27-/m1/s1. The summed E-state index contributed by atoms with van der Waals surface area (Å²) in [6, 6.07) is 20.2. The summed E-state index contributed by atoms with van der Waals surface area (Å²) in [7, 11) is 0. The van der Waals surface area contributed by atoms with Crippen molar-refractivity contribution in [3.63, 3.8) is 0 Å². The maximum Gasteiger partial charge on any atom is 0.116 e. The number of aliphatic hydroxyl groups excluding tert-OH is 1. The van der Waals surface area contributed by atoms with Crippen molar-refractivity contribution in [2.45, 2.75) is 57.8 Å². The van der Waals surface area contributed by atoms with Crippen LogP contribution in [0.5, 0.6) is 5.75 Å². The number of aryl methyl sites for hydroxylation is 1. The first kappa shape index (κ1) is 22.8. The van der Waals surface area contributed by atoms with Gasteiger partial charge in [-0.15, -0.1) is 0 Å². The number of ether oxygens (including phenoxy) is 1. The Bertz CT molecular complexity index is 1060. The minimum Gasteiger partial charge on any atom is -0.508 e. The molecule has 4 nitrogen and oxygen atoms in total. The number of β-amino-alcohol motifs (C(OH)–C–C–N with tert-alkyl or cyclic N) is 1. The molecule has 1 fully saturated rings. The Balaban J connectivity index is 1.30. The van der Waals surface area contributed by atoms with Crippen LogP contribution >= 0.6 is 0 Å². The molecule has 170 valence electrons. The van der Waals surface area contributed by atoms with Crippen LogP contribution in [0.15, 0.2) is 60.7 Å². The number of aliphatic hydroxyl groups is 1. The first-order chi connectivity index (χ1) is 15.3. The van der Waals surface area contributed by atoms with Gasteiger partial charge in [0.15, 0.2) is 0 Å². The van der Waals surface area contributed by atoms with E-state index in [1.54, 1.807) is 12.1 Å². The Morgan fingerprint density at radius 3 is 2.50 bits per heavy atom. The van der Waals surface area contributed by atoms with Gasteiger partial charge in [0, 0.05) is 12.1 Å². The minimum absolute atomic E-state index is 0.0795. The van der Waals surface area contributed by atoms with E-state index in [2.05, 4.69) is 62.5 Å². The van der Waals surface area contributed by atoms with Gasteiger partial charge in [-0.05, 0) is 85.5 Å². The van der Waals surface area contributed by atoms with Crippen LogP contribution in [0.1, 0.15) is 49.5 Å². The molecule has 0 aromatic heterocycles.